The molecule has 1 aliphatic heterocycles. The monoisotopic (exact) mass is 311 g/mol. The molecular weight excluding hydrogens is 290 g/mol. The number of methoxy groups -OCH3 is 1. The van der Waals surface area contributed by atoms with Crippen LogP contribution in [0.5, 0.6) is 5.75 Å². The zero-order valence-corrected chi connectivity index (χ0v) is 13.2. The third kappa shape index (κ3) is 3.54. The summed E-state index contributed by atoms with van der Waals surface area (Å²) in [6.07, 6.45) is 0. The zero-order chi connectivity index (χ0) is 16.2. The van der Waals surface area contributed by atoms with Crippen molar-refractivity contribution in [1.29, 1.82) is 0 Å². The minimum absolute atomic E-state index is 0.0159. The van der Waals surface area contributed by atoms with E-state index >= 15 is 0 Å². The third-order valence-electron chi connectivity index (χ3n) is 4.51. The number of rotatable bonds is 5. The fraction of sp³-hybridized carbons (Fsp3) is 0.316. The van der Waals surface area contributed by atoms with Crippen molar-refractivity contribution in [3.63, 3.8) is 0 Å². The van der Waals surface area contributed by atoms with Crippen molar-refractivity contribution in [2.24, 2.45) is 5.92 Å². The van der Waals surface area contributed by atoms with Gasteiger partial charge in [-0.15, -0.1) is 0 Å². The Morgan fingerprint density at radius 1 is 1.13 bits per heavy atom. The molecule has 0 radical (unpaired) electrons. The van der Waals surface area contributed by atoms with E-state index in [0.717, 1.165) is 24.4 Å². The van der Waals surface area contributed by atoms with Crippen LogP contribution in [0.4, 0.5) is 0 Å². The van der Waals surface area contributed by atoms with Gasteiger partial charge in [0.25, 0.3) is 0 Å². The van der Waals surface area contributed by atoms with Crippen LogP contribution in [0, 0.1) is 5.92 Å². The van der Waals surface area contributed by atoms with Gasteiger partial charge in [0.05, 0.1) is 13.0 Å². The summed E-state index contributed by atoms with van der Waals surface area (Å²) in [6.45, 7) is 2.14. The van der Waals surface area contributed by atoms with Crippen molar-refractivity contribution in [3.05, 3.63) is 65.7 Å². The van der Waals surface area contributed by atoms with Crippen LogP contribution in [-0.4, -0.2) is 36.2 Å². The van der Waals surface area contributed by atoms with Crippen LogP contribution in [0.25, 0.3) is 0 Å². The second-order valence-corrected chi connectivity index (χ2v) is 6.00. The molecular formula is C19H21NO3. The van der Waals surface area contributed by atoms with Crippen LogP contribution in [0.2, 0.25) is 0 Å². The van der Waals surface area contributed by atoms with E-state index in [9.17, 15) is 9.90 Å². The molecule has 0 aromatic heterocycles. The number of hydrogen-bond acceptors (Lipinski definition) is 3. The van der Waals surface area contributed by atoms with Gasteiger partial charge in [0.2, 0.25) is 0 Å². The van der Waals surface area contributed by atoms with Gasteiger partial charge in [-0.3, -0.25) is 9.69 Å². The lowest BCUT2D eigenvalue weighted by Crippen LogP contribution is -2.23. The summed E-state index contributed by atoms with van der Waals surface area (Å²) in [5.41, 5.74) is 2.28. The summed E-state index contributed by atoms with van der Waals surface area (Å²) in [4.78, 5) is 13.9. The topological polar surface area (TPSA) is 49.8 Å². The normalized spacial score (nSPS) is 21.3. The fourth-order valence-electron chi connectivity index (χ4n) is 3.30. The second kappa shape index (κ2) is 6.84. The first-order chi connectivity index (χ1) is 11.2. The van der Waals surface area contributed by atoms with Crippen molar-refractivity contribution in [2.75, 3.05) is 20.2 Å². The Bertz CT molecular complexity index is 654. The van der Waals surface area contributed by atoms with Gasteiger partial charge in [0.1, 0.15) is 5.75 Å². The number of hydrogen-bond donors (Lipinski definition) is 1. The predicted molar refractivity (Wildman–Crippen MR) is 88.6 cm³/mol. The Morgan fingerprint density at radius 2 is 1.83 bits per heavy atom. The van der Waals surface area contributed by atoms with E-state index in [0.29, 0.717) is 6.54 Å². The van der Waals surface area contributed by atoms with Gasteiger partial charge in [-0.05, 0) is 23.3 Å². The maximum atomic E-state index is 11.7. The SMILES string of the molecule is COc1ccc([C@H]2CN(Cc3ccccc3)C[C@H]2C(=O)O)cc1. The minimum atomic E-state index is -0.721. The molecule has 0 spiro atoms. The maximum Gasteiger partial charge on any atom is 0.308 e. The van der Waals surface area contributed by atoms with Gasteiger partial charge in [-0.1, -0.05) is 42.5 Å². The summed E-state index contributed by atoms with van der Waals surface area (Å²) in [6, 6.07) is 17.9. The quantitative estimate of drug-likeness (QED) is 0.922. The molecule has 3 rings (SSSR count). The van der Waals surface area contributed by atoms with Gasteiger partial charge in [-0.25, -0.2) is 0 Å². The number of benzene rings is 2. The molecule has 2 atom stereocenters. The number of likely N-dealkylation sites (tertiary alicyclic amines) is 1. The van der Waals surface area contributed by atoms with E-state index in [2.05, 4.69) is 17.0 Å². The van der Waals surface area contributed by atoms with E-state index in [-0.39, 0.29) is 11.8 Å². The van der Waals surface area contributed by atoms with Gasteiger partial charge in [0.15, 0.2) is 0 Å². The van der Waals surface area contributed by atoms with E-state index < -0.39 is 5.97 Å². The smallest absolute Gasteiger partial charge is 0.308 e. The van der Waals surface area contributed by atoms with Crippen LogP contribution >= 0.6 is 0 Å². The van der Waals surface area contributed by atoms with Crippen LogP contribution in [-0.2, 0) is 11.3 Å². The number of aliphatic carboxylic acids is 1. The van der Waals surface area contributed by atoms with Crippen molar-refractivity contribution in [1.82, 2.24) is 4.90 Å². The molecule has 0 amide bonds. The molecule has 4 heteroatoms. The largest absolute Gasteiger partial charge is 0.497 e. The van der Waals surface area contributed by atoms with Crippen molar-refractivity contribution in [2.45, 2.75) is 12.5 Å². The minimum Gasteiger partial charge on any atom is -0.497 e. The van der Waals surface area contributed by atoms with E-state index in [1.54, 1.807) is 7.11 Å². The molecule has 1 aliphatic rings. The molecule has 0 unspecified atom stereocenters. The molecule has 0 bridgehead atoms. The summed E-state index contributed by atoms with van der Waals surface area (Å²) >= 11 is 0. The molecule has 4 nitrogen and oxygen atoms in total. The van der Waals surface area contributed by atoms with Crippen molar-refractivity contribution >= 4 is 5.97 Å². The van der Waals surface area contributed by atoms with Crippen LogP contribution in [0.15, 0.2) is 54.6 Å². The van der Waals surface area contributed by atoms with Crippen molar-refractivity contribution in [3.8, 4) is 5.75 Å². The number of carboxylic acid groups (broad SMARTS) is 1. The molecule has 1 N–H and O–H groups in total. The lowest BCUT2D eigenvalue weighted by Gasteiger charge is -2.16. The summed E-state index contributed by atoms with van der Waals surface area (Å²) in [7, 11) is 1.63. The second-order valence-electron chi connectivity index (χ2n) is 6.00. The summed E-state index contributed by atoms with van der Waals surface area (Å²) in [5, 5.41) is 9.58. The highest BCUT2D eigenvalue weighted by Crippen LogP contribution is 2.34. The maximum absolute atomic E-state index is 11.7. The standard InChI is InChI=1S/C19H21NO3/c1-23-16-9-7-15(8-10-16)17-12-20(13-18(17)19(21)22)11-14-5-3-2-4-6-14/h2-10,17-18H,11-13H2,1H3,(H,21,22)/t17-,18-/m1/s1. The Hall–Kier alpha value is -2.33. The molecule has 23 heavy (non-hydrogen) atoms. The highest BCUT2D eigenvalue weighted by molar-refractivity contribution is 5.72. The highest BCUT2D eigenvalue weighted by Gasteiger charge is 2.38. The van der Waals surface area contributed by atoms with Crippen molar-refractivity contribution < 1.29 is 14.6 Å². The van der Waals surface area contributed by atoms with Gasteiger partial charge in [0, 0.05) is 25.6 Å². The lowest BCUT2D eigenvalue weighted by atomic mass is 9.89. The Kier molecular flexibility index (Phi) is 4.63. The van der Waals surface area contributed by atoms with Gasteiger partial charge < -0.3 is 9.84 Å². The average Bonchev–Trinajstić information content (AvgIpc) is 3.00. The number of nitrogens with zero attached hydrogens (tertiary/aromatic N) is 1. The Balaban J connectivity index is 1.76. The molecule has 0 saturated carbocycles. The first-order valence-corrected chi connectivity index (χ1v) is 7.80. The van der Waals surface area contributed by atoms with E-state index in [1.807, 2.05) is 42.5 Å². The zero-order valence-electron chi connectivity index (χ0n) is 13.2. The molecule has 1 saturated heterocycles. The van der Waals surface area contributed by atoms with E-state index in [1.165, 1.54) is 5.56 Å². The number of ether oxygens (including phenoxy) is 1. The molecule has 2 aromatic rings. The first kappa shape index (κ1) is 15.6. The Labute approximate surface area is 136 Å². The van der Waals surface area contributed by atoms with Gasteiger partial charge >= 0.3 is 5.97 Å². The van der Waals surface area contributed by atoms with Crippen LogP contribution in [0.3, 0.4) is 0 Å². The summed E-state index contributed by atoms with van der Waals surface area (Å²) < 4.78 is 5.18. The molecule has 1 fully saturated rings. The summed E-state index contributed by atoms with van der Waals surface area (Å²) in [5.74, 6) is -0.282. The number of carbonyl (C=O) groups is 1. The Morgan fingerprint density at radius 3 is 2.43 bits per heavy atom. The number of carboxylic acids is 1. The molecule has 0 aliphatic carbocycles. The average molecular weight is 311 g/mol. The molecule has 1 heterocycles. The molecule has 120 valence electrons. The van der Waals surface area contributed by atoms with Crippen LogP contribution in [0.1, 0.15) is 17.0 Å². The van der Waals surface area contributed by atoms with E-state index in [4.69, 9.17) is 4.74 Å². The molecule has 2 aromatic carbocycles. The van der Waals surface area contributed by atoms with Crippen LogP contribution < -0.4 is 4.74 Å². The first-order valence-electron chi connectivity index (χ1n) is 7.80. The third-order valence-corrected chi connectivity index (χ3v) is 4.51. The predicted octanol–water partition coefficient (Wildman–Crippen LogP) is 3.00. The highest BCUT2D eigenvalue weighted by atomic mass is 16.5. The lowest BCUT2D eigenvalue weighted by molar-refractivity contribution is -0.141. The fourth-order valence-corrected chi connectivity index (χ4v) is 3.30. The van der Waals surface area contributed by atoms with Gasteiger partial charge in [-0.2, -0.15) is 0 Å².